The van der Waals surface area contributed by atoms with Gasteiger partial charge in [0.2, 0.25) is 10.0 Å². The molecule has 14 heavy (non-hydrogen) atoms. The zero-order chi connectivity index (χ0) is 10.2. The van der Waals surface area contributed by atoms with E-state index in [4.69, 9.17) is 9.88 Å². The van der Waals surface area contributed by atoms with E-state index in [9.17, 15) is 8.42 Å². The lowest BCUT2D eigenvalue weighted by molar-refractivity contribution is -0.0703. The molecule has 1 unspecified atom stereocenters. The standard InChI is InChI=1S/C9H17NO3S/c10-14(11,12)7-8-6-9(2-1-3-9)4-5-13-8/h8H,1-7H2,(H2,10,11,12). The quantitative estimate of drug-likeness (QED) is 0.740. The van der Waals surface area contributed by atoms with Crippen molar-refractivity contribution in [3.05, 3.63) is 0 Å². The molecule has 0 aromatic heterocycles. The normalized spacial score (nSPS) is 31.4. The van der Waals surface area contributed by atoms with Crippen LogP contribution in [0.25, 0.3) is 0 Å². The van der Waals surface area contributed by atoms with E-state index >= 15 is 0 Å². The summed E-state index contributed by atoms with van der Waals surface area (Å²) in [5, 5.41) is 5.01. The maximum absolute atomic E-state index is 10.9. The Hall–Kier alpha value is -0.130. The molecule has 1 aliphatic carbocycles. The molecule has 0 aromatic carbocycles. The summed E-state index contributed by atoms with van der Waals surface area (Å²) >= 11 is 0. The molecular weight excluding hydrogens is 202 g/mol. The molecule has 1 spiro atoms. The summed E-state index contributed by atoms with van der Waals surface area (Å²) in [5.41, 5.74) is 0.396. The van der Waals surface area contributed by atoms with Crippen molar-refractivity contribution in [3.8, 4) is 0 Å². The molecule has 1 saturated carbocycles. The maximum atomic E-state index is 10.9. The van der Waals surface area contributed by atoms with Crippen molar-refractivity contribution < 1.29 is 13.2 Å². The van der Waals surface area contributed by atoms with Crippen molar-refractivity contribution in [1.29, 1.82) is 0 Å². The molecule has 5 heteroatoms. The van der Waals surface area contributed by atoms with Crippen molar-refractivity contribution >= 4 is 10.0 Å². The number of hydrogen-bond donors (Lipinski definition) is 1. The summed E-state index contributed by atoms with van der Waals surface area (Å²) in [7, 11) is -3.38. The second-order valence-electron chi connectivity index (χ2n) is 4.63. The van der Waals surface area contributed by atoms with Gasteiger partial charge in [0.25, 0.3) is 0 Å². The molecule has 0 bridgehead atoms. The molecule has 0 radical (unpaired) electrons. The number of ether oxygens (including phenoxy) is 1. The molecule has 2 fully saturated rings. The summed E-state index contributed by atoms with van der Waals surface area (Å²) in [6, 6.07) is 0. The van der Waals surface area contributed by atoms with Crippen molar-refractivity contribution in [2.45, 2.75) is 38.2 Å². The van der Waals surface area contributed by atoms with Gasteiger partial charge in [0.1, 0.15) is 0 Å². The van der Waals surface area contributed by atoms with Gasteiger partial charge >= 0.3 is 0 Å². The lowest BCUT2D eigenvalue weighted by Gasteiger charge is -2.47. The van der Waals surface area contributed by atoms with Crippen LogP contribution < -0.4 is 5.14 Å². The third-order valence-electron chi connectivity index (χ3n) is 3.48. The van der Waals surface area contributed by atoms with Gasteiger partial charge in [-0.25, -0.2) is 13.6 Å². The summed E-state index contributed by atoms with van der Waals surface area (Å²) in [6.45, 7) is 0.695. The van der Waals surface area contributed by atoms with Gasteiger partial charge in [-0.3, -0.25) is 0 Å². The summed E-state index contributed by atoms with van der Waals surface area (Å²) in [5.74, 6) is -0.0191. The van der Waals surface area contributed by atoms with Crippen LogP contribution in [-0.4, -0.2) is 26.9 Å². The van der Waals surface area contributed by atoms with Gasteiger partial charge in [-0.2, -0.15) is 0 Å². The fourth-order valence-electron chi connectivity index (χ4n) is 2.58. The Bertz CT molecular complexity index is 308. The van der Waals surface area contributed by atoms with Crippen LogP contribution in [0, 0.1) is 5.41 Å². The summed E-state index contributed by atoms with van der Waals surface area (Å²) < 4.78 is 27.3. The van der Waals surface area contributed by atoms with Crippen LogP contribution in [0.2, 0.25) is 0 Å². The molecule has 0 amide bonds. The minimum atomic E-state index is -3.38. The minimum absolute atomic E-state index is 0.0191. The first-order valence-corrected chi connectivity index (χ1v) is 6.83. The van der Waals surface area contributed by atoms with Crippen molar-refractivity contribution in [1.82, 2.24) is 0 Å². The number of primary sulfonamides is 1. The van der Waals surface area contributed by atoms with Crippen LogP contribution >= 0.6 is 0 Å². The average molecular weight is 219 g/mol. The van der Waals surface area contributed by atoms with E-state index in [1.54, 1.807) is 0 Å². The van der Waals surface area contributed by atoms with E-state index in [1.165, 1.54) is 19.3 Å². The second-order valence-corrected chi connectivity index (χ2v) is 6.29. The summed E-state index contributed by atoms with van der Waals surface area (Å²) in [6.07, 6.45) is 5.55. The highest BCUT2D eigenvalue weighted by Gasteiger charge is 2.42. The van der Waals surface area contributed by atoms with Crippen LogP contribution in [0.3, 0.4) is 0 Å². The first-order chi connectivity index (χ1) is 6.49. The van der Waals surface area contributed by atoms with Crippen LogP contribution in [0.1, 0.15) is 32.1 Å². The highest BCUT2D eigenvalue weighted by atomic mass is 32.2. The number of sulfonamides is 1. The fourth-order valence-corrected chi connectivity index (χ4v) is 3.32. The Morgan fingerprint density at radius 3 is 2.57 bits per heavy atom. The van der Waals surface area contributed by atoms with Crippen LogP contribution in [0.15, 0.2) is 0 Å². The highest BCUT2D eigenvalue weighted by Crippen LogP contribution is 2.49. The SMILES string of the molecule is NS(=O)(=O)CC1CC2(CCC2)CCO1. The fraction of sp³-hybridized carbons (Fsp3) is 1.00. The highest BCUT2D eigenvalue weighted by molar-refractivity contribution is 7.89. The zero-order valence-electron chi connectivity index (χ0n) is 8.24. The van der Waals surface area contributed by atoms with E-state index in [0.29, 0.717) is 12.0 Å². The predicted octanol–water partition coefficient (Wildman–Crippen LogP) is 0.624. The largest absolute Gasteiger partial charge is 0.377 e. The van der Waals surface area contributed by atoms with Crippen molar-refractivity contribution in [2.24, 2.45) is 10.6 Å². The molecule has 2 rings (SSSR count). The Morgan fingerprint density at radius 2 is 2.07 bits per heavy atom. The molecule has 1 saturated heterocycles. The molecule has 2 aliphatic rings. The average Bonchev–Trinajstić information content (AvgIpc) is 1.99. The van der Waals surface area contributed by atoms with Gasteiger partial charge in [-0.1, -0.05) is 6.42 Å². The molecule has 1 atom stereocenters. The van der Waals surface area contributed by atoms with E-state index in [0.717, 1.165) is 12.8 Å². The lowest BCUT2D eigenvalue weighted by Crippen LogP contribution is -2.43. The molecule has 1 aliphatic heterocycles. The molecule has 1 heterocycles. The zero-order valence-corrected chi connectivity index (χ0v) is 9.05. The van der Waals surface area contributed by atoms with E-state index in [2.05, 4.69) is 0 Å². The molecule has 4 nitrogen and oxygen atoms in total. The number of nitrogens with two attached hydrogens (primary N) is 1. The first kappa shape index (κ1) is 10.4. The lowest BCUT2D eigenvalue weighted by atomic mass is 9.63. The van der Waals surface area contributed by atoms with Gasteiger partial charge in [0.05, 0.1) is 11.9 Å². The Kier molecular flexibility index (Phi) is 2.57. The van der Waals surface area contributed by atoms with E-state index < -0.39 is 10.0 Å². The topological polar surface area (TPSA) is 69.4 Å². The first-order valence-electron chi connectivity index (χ1n) is 5.11. The van der Waals surface area contributed by atoms with Crippen molar-refractivity contribution in [3.63, 3.8) is 0 Å². The van der Waals surface area contributed by atoms with Gasteiger partial charge < -0.3 is 4.74 Å². The predicted molar refractivity (Wildman–Crippen MR) is 53.2 cm³/mol. The van der Waals surface area contributed by atoms with Gasteiger partial charge in [0.15, 0.2) is 0 Å². The van der Waals surface area contributed by atoms with Crippen molar-refractivity contribution in [2.75, 3.05) is 12.4 Å². The van der Waals surface area contributed by atoms with Gasteiger partial charge in [-0.05, 0) is 31.1 Å². The minimum Gasteiger partial charge on any atom is -0.377 e. The number of rotatable bonds is 2. The van der Waals surface area contributed by atoms with E-state index in [-0.39, 0.29) is 11.9 Å². The molecule has 0 aromatic rings. The second kappa shape index (κ2) is 3.47. The molecular formula is C9H17NO3S. The third kappa shape index (κ3) is 2.27. The molecule has 2 N–H and O–H groups in total. The summed E-state index contributed by atoms with van der Waals surface area (Å²) in [4.78, 5) is 0. The number of hydrogen-bond acceptors (Lipinski definition) is 3. The van der Waals surface area contributed by atoms with Crippen LogP contribution in [0.4, 0.5) is 0 Å². The smallest absolute Gasteiger partial charge is 0.211 e. The van der Waals surface area contributed by atoms with Crippen LogP contribution in [-0.2, 0) is 14.8 Å². The van der Waals surface area contributed by atoms with E-state index in [1.807, 2.05) is 0 Å². The van der Waals surface area contributed by atoms with Crippen LogP contribution in [0.5, 0.6) is 0 Å². The van der Waals surface area contributed by atoms with Gasteiger partial charge in [0, 0.05) is 6.61 Å². The Labute approximate surface area is 84.9 Å². The maximum Gasteiger partial charge on any atom is 0.211 e. The molecule has 82 valence electrons. The van der Waals surface area contributed by atoms with Gasteiger partial charge in [-0.15, -0.1) is 0 Å². The Balaban J connectivity index is 1.94. The third-order valence-corrected chi connectivity index (χ3v) is 4.32. The monoisotopic (exact) mass is 219 g/mol. The Morgan fingerprint density at radius 1 is 1.36 bits per heavy atom.